The number of rotatable bonds is 1. The van der Waals surface area contributed by atoms with E-state index < -0.39 is 0 Å². The zero-order valence-electron chi connectivity index (χ0n) is 8.06. The Morgan fingerprint density at radius 2 is 2.00 bits per heavy atom. The summed E-state index contributed by atoms with van der Waals surface area (Å²) in [4.78, 5) is 7.11. The minimum Gasteiger partial charge on any atom is -0.486 e. The van der Waals surface area contributed by atoms with Crippen LogP contribution in [0.1, 0.15) is 0 Å². The third-order valence-corrected chi connectivity index (χ3v) is 2.34. The molecule has 0 bridgehead atoms. The maximum atomic E-state index is 5.50. The van der Waals surface area contributed by atoms with Gasteiger partial charge < -0.3 is 14.5 Å². The van der Waals surface area contributed by atoms with Gasteiger partial charge in [0.1, 0.15) is 13.2 Å². The second-order valence-corrected chi connectivity index (χ2v) is 3.31. The molecule has 0 saturated heterocycles. The second kappa shape index (κ2) is 3.31. The van der Waals surface area contributed by atoms with E-state index in [2.05, 4.69) is 9.97 Å². The van der Waals surface area contributed by atoms with Gasteiger partial charge >= 0.3 is 0 Å². The molecule has 1 aliphatic heterocycles. The fraction of sp³-hybridized carbons (Fsp3) is 0.182. The topological polar surface area (TPSA) is 47.1 Å². The van der Waals surface area contributed by atoms with Crippen LogP contribution in [0.25, 0.3) is 11.3 Å². The SMILES string of the molecule is c1nc(-c2ccc3c(c2)OCCO3)c[nH]1. The van der Waals surface area contributed by atoms with E-state index in [1.165, 1.54) is 0 Å². The monoisotopic (exact) mass is 202 g/mol. The van der Waals surface area contributed by atoms with E-state index in [-0.39, 0.29) is 0 Å². The summed E-state index contributed by atoms with van der Waals surface area (Å²) in [6.07, 6.45) is 3.51. The van der Waals surface area contributed by atoms with Crippen molar-refractivity contribution < 1.29 is 9.47 Å². The Hall–Kier alpha value is -1.97. The van der Waals surface area contributed by atoms with Gasteiger partial charge in [-0.3, -0.25) is 0 Å². The van der Waals surface area contributed by atoms with Gasteiger partial charge in [0.2, 0.25) is 0 Å². The first kappa shape index (κ1) is 8.35. The van der Waals surface area contributed by atoms with E-state index in [0.29, 0.717) is 13.2 Å². The lowest BCUT2D eigenvalue weighted by Gasteiger charge is -2.18. The molecule has 0 unspecified atom stereocenters. The van der Waals surface area contributed by atoms with Crippen LogP contribution in [0.4, 0.5) is 0 Å². The van der Waals surface area contributed by atoms with Crippen LogP contribution in [0.15, 0.2) is 30.7 Å². The van der Waals surface area contributed by atoms with Crippen LogP contribution in [-0.2, 0) is 0 Å². The Balaban J connectivity index is 2.04. The fourth-order valence-electron chi connectivity index (χ4n) is 1.62. The highest BCUT2D eigenvalue weighted by Gasteiger charge is 2.12. The summed E-state index contributed by atoms with van der Waals surface area (Å²) >= 11 is 0. The molecule has 0 radical (unpaired) electrons. The van der Waals surface area contributed by atoms with Gasteiger partial charge in [-0.05, 0) is 18.2 Å². The number of aromatic nitrogens is 2. The molecule has 2 heterocycles. The van der Waals surface area contributed by atoms with Crippen molar-refractivity contribution in [2.24, 2.45) is 0 Å². The first-order valence-electron chi connectivity index (χ1n) is 4.82. The van der Waals surface area contributed by atoms with Crippen LogP contribution in [0.5, 0.6) is 11.5 Å². The van der Waals surface area contributed by atoms with Gasteiger partial charge in [0, 0.05) is 11.8 Å². The molecule has 0 amide bonds. The van der Waals surface area contributed by atoms with Gasteiger partial charge in [-0.2, -0.15) is 0 Å². The van der Waals surface area contributed by atoms with Gasteiger partial charge in [0.05, 0.1) is 12.0 Å². The zero-order chi connectivity index (χ0) is 10.1. The van der Waals surface area contributed by atoms with E-state index in [9.17, 15) is 0 Å². The number of nitrogens with one attached hydrogen (secondary N) is 1. The Labute approximate surface area is 86.9 Å². The maximum Gasteiger partial charge on any atom is 0.162 e. The first-order chi connectivity index (χ1) is 7.43. The molecule has 1 N–H and O–H groups in total. The van der Waals surface area contributed by atoms with E-state index in [4.69, 9.17) is 9.47 Å². The van der Waals surface area contributed by atoms with Crippen molar-refractivity contribution in [1.29, 1.82) is 0 Å². The van der Waals surface area contributed by atoms with Crippen LogP contribution < -0.4 is 9.47 Å². The van der Waals surface area contributed by atoms with Crippen molar-refractivity contribution in [3.63, 3.8) is 0 Å². The highest BCUT2D eigenvalue weighted by molar-refractivity contribution is 5.63. The summed E-state index contributed by atoms with van der Waals surface area (Å²) < 4.78 is 10.9. The Bertz CT molecular complexity index is 465. The lowest BCUT2D eigenvalue weighted by molar-refractivity contribution is 0.171. The lowest BCUT2D eigenvalue weighted by atomic mass is 10.1. The van der Waals surface area contributed by atoms with E-state index in [0.717, 1.165) is 22.8 Å². The Kier molecular flexibility index (Phi) is 1.84. The predicted molar refractivity (Wildman–Crippen MR) is 55.0 cm³/mol. The Morgan fingerprint density at radius 3 is 2.80 bits per heavy atom. The molecule has 1 aromatic carbocycles. The van der Waals surface area contributed by atoms with Crippen LogP contribution in [0, 0.1) is 0 Å². The fourth-order valence-corrected chi connectivity index (χ4v) is 1.62. The number of benzene rings is 1. The Morgan fingerprint density at radius 1 is 1.13 bits per heavy atom. The molecule has 76 valence electrons. The summed E-state index contributed by atoms with van der Waals surface area (Å²) in [6, 6.07) is 5.84. The largest absolute Gasteiger partial charge is 0.486 e. The van der Waals surface area contributed by atoms with Crippen LogP contribution in [0.2, 0.25) is 0 Å². The van der Waals surface area contributed by atoms with Crippen LogP contribution in [0.3, 0.4) is 0 Å². The van der Waals surface area contributed by atoms with Crippen molar-refractivity contribution >= 4 is 0 Å². The summed E-state index contributed by atoms with van der Waals surface area (Å²) in [5.74, 6) is 1.60. The molecule has 2 aromatic rings. The maximum absolute atomic E-state index is 5.50. The third kappa shape index (κ3) is 1.44. The normalized spacial score (nSPS) is 13.9. The van der Waals surface area contributed by atoms with Crippen LogP contribution >= 0.6 is 0 Å². The molecule has 4 heteroatoms. The van der Waals surface area contributed by atoms with Gasteiger partial charge in [-0.15, -0.1) is 0 Å². The zero-order valence-corrected chi connectivity index (χ0v) is 8.06. The summed E-state index contributed by atoms with van der Waals surface area (Å²) in [5, 5.41) is 0. The molecular weight excluding hydrogens is 192 g/mol. The molecule has 15 heavy (non-hydrogen) atoms. The third-order valence-electron chi connectivity index (χ3n) is 2.34. The van der Waals surface area contributed by atoms with E-state index in [1.807, 2.05) is 24.4 Å². The number of hydrogen-bond donors (Lipinski definition) is 1. The van der Waals surface area contributed by atoms with Crippen LogP contribution in [-0.4, -0.2) is 23.2 Å². The minimum atomic E-state index is 0.608. The highest BCUT2D eigenvalue weighted by atomic mass is 16.6. The van der Waals surface area contributed by atoms with E-state index in [1.54, 1.807) is 6.33 Å². The van der Waals surface area contributed by atoms with Gasteiger partial charge in [0.25, 0.3) is 0 Å². The standard InChI is InChI=1S/C11H10N2O2/c1-2-10-11(15-4-3-14-10)5-8(1)9-6-12-7-13-9/h1-2,5-7H,3-4H2,(H,12,13). The number of ether oxygens (including phenoxy) is 2. The molecule has 1 aliphatic rings. The summed E-state index contributed by atoms with van der Waals surface area (Å²) in [7, 11) is 0. The molecule has 0 aliphatic carbocycles. The molecule has 4 nitrogen and oxygen atoms in total. The minimum absolute atomic E-state index is 0.608. The van der Waals surface area contributed by atoms with Gasteiger partial charge in [-0.25, -0.2) is 4.98 Å². The number of fused-ring (bicyclic) bond motifs is 1. The molecule has 0 fully saturated rings. The second-order valence-electron chi connectivity index (χ2n) is 3.31. The first-order valence-corrected chi connectivity index (χ1v) is 4.82. The van der Waals surface area contributed by atoms with E-state index >= 15 is 0 Å². The molecular formula is C11H10N2O2. The molecule has 0 spiro atoms. The smallest absolute Gasteiger partial charge is 0.162 e. The predicted octanol–water partition coefficient (Wildman–Crippen LogP) is 1.85. The summed E-state index contributed by atoms with van der Waals surface area (Å²) in [6.45, 7) is 1.23. The lowest BCUT2D eigenvalue weighted by Crippen LogP contribution is -2.15. The van der Waals surface area contributed by atoms with Crippen molar-refractivity contribution in [3.05, 3.63) is 30.7 Å². The average Bonchev–Trinajstić information content (AvgIpc) is 2.82. The van der Waals surface area contributed by atoms with Crippen molar-refractivity contribution in [2.45, 2.75) is 0 Å². The number of H-pyrrole nitrogens is 1. The molecule has 0 atom stereocenters. The highest BCUT2D eigenvalue weighted by Crippen LogP contribution is 2.33. The van der Waals surface area contributed by atoms with Crippen molar-refractivity contribution in [3.8, 4) is 22.8 Å². The number of imidazole rings is 1. The van der Waals surface area contributed by atoms with Crippen molar-refractivity contribution in [1.82, 2.24) is 9.97 Å². The average molecular weight is 202 g/mol. The van der Waals surface area contributed by atoms with Gasteiger partial charge in [-0.1, -0.05) is 0 Å². The van der Waals surface area contributed by atoms with Gasteiger partial charge in [0.15, 0.2) is 11.5 Å². The molecule has 3 rings (SSSR count). The summed E-state index contributed by atoms with van der Waals surface area (Å²) in [5.41, 5.74) is 1.94. The number of hydrogen-bond acceptors (Lipinski definition) is 3. The molecule has 1 aromatic heterocycles. The number of nitrogens with zero attached hydrogens (tertiary/aromatic N) is 1. The quantitative estimate of drug-likeness (QED) is 0.767. The molecule has 0 saturated carbocycles. The van der Waals surface area contributed by atoms with Crippen molar-refractivity contribution in [2.75, 3.05) is 13.2 Å². The number of aromatic amines is 1.